The molecule has 32 heavy (non-hydrogen) atoms. The molecule has 0 unspecified atom stereocenters. The average molecular weight is 445 g/mol. The molecule has 1 aromatic heterocycles. The van der Waals surface area contributed by atoms with E-state index in [4.69, 9.17) is 9.15 Å². The number of nitrogens with one attached hydrogen (secondary N) is 1. The van der Waals surface area contributed by atoms with Crippen LogP contribution in [0.25, 0.3) is 22.6 Å². The fraction of sp³-hybridized carbons (Fsp3) is 0.0800. The lowest BCUT2D eigenvalue weighted by atomic mass is 10.1. The van der Waals surface area contributed by atoms with E-state index < -0.39 is 11.8 Å². The van der Waals surface area contributed by atoms with Gasteiger partial charge in [0.2, 0.25) is 5.91 Å². The van der Waals surface area contributed by atoms with E-state index in [2.05, 4.69) is 10.3 Å². The second-order valence-corrected chi connectivity index (χ2v) is 7.71. The first kappa shape index (κ1) is 21.4. The van der Waals surface area contributed by atoms with Crippen LogP contribution in [0.1, 0.15) is 10.4 Å². The Morgan fingerprint density at radius 2 is 1.53 bits per heavy atom. The van der Waals surface area contributed by atoms with Crippen molar-refractivity contribution in [3.63, 3.8) is 0 Å². The minimum Gasteiger partial charge on any atom is -0.497 e. The molecule has 0 spiro atoms. The molecule has 4 aromatic rings. The van der Waals surface area contributed by atoms with Gasteiger partial charge in [0.1, 0.15) is 11.4 Å². The number of thioether (sulfide) groups is 1. The van der Waals surface area contributed by atoms with Gasteiger partial charge in [-0.15, -0.1) is 0 Å². The van der Waals surface area contributed by atoms with Crippen LogP contribution in [0.5, 0.6) is 5.75 Å². The van der Waals surface area contributed by atoms with Crippen LogP contribution in [0, 0.1) is 0 Å². The number of hydrogen-bond acceptors (Lipinski definition) is 6. The summed E-state index contributed by atoms with van der Waals surface area (Å²) in [7, 11) is 1.55. The molecule has 0 aliphatic carbocycles. The van der Waals surface area contributed by atoms with Gasteiger partial charge >= 0.3 is 0 Å². The number of imide groups is 1. The molecule has 0 bridgehead atoms. The lowest BCUT2D eigenvalue weighted by Crippen LogP contribution is -2.31. The van der Waals surface area contributed by atoms with Crippen LogP contribution >= 0.6 is 11.8 Å². The summed E-state index contributed by atoms with van der Waals surface area (Å²) in [6, 6.07) is 25.9. The molecule has 0 radical (unpaired) electrons. The molecule has 160 valence electrons. The first-order valence-electron chi connectivity index (χ1n) is 9.87. The van der Waals surface area contributed by atoms with Crippen molar-refractivity contribution in [1.82, 2.24) is 10.3 Å². The van der Waals surface area contributed by atoms with Crippen molar-refractivity contribution in [3.8, 4) is 28.3 Å². The number of oxazole rings is 1. The second kappa shape index (κ2) is 9.98. The van der Waals surface area contributed by atoms with Gasteiger partial charge in [-0.1, -0.05) is 72.4 Å². The minimum absolute atomic E-state index is 0.00906. The van der Waals surface area contributed by atoms with E-state index in [0.29, 0.717) is 28.0 Å². The van der Waals surface area contributed by atoms with Crippen LogP contribution in [0.2, 0.25) is 0 Å². The molecule has 6 nitrogen and oxygen atoms in total. The second-order valence-electron chi connectivity index (χ2n) is 6.78. The molecule has 7 heteroatoms. The monoisotopic (exact) mass is 444 g/mol. The standard InChI is InChI=1S/C25H20N2O4S/c1-30-20-14-12-19(13-15-20)24(29)26-21(28)16-32-25-27-22(17-8-4-2-5-9-17)23(31-25)18-10-6-3-7-11-18/h2-15H,16H2,1H3,(H,26,28,29). The van der Waals surface area contributed by atoms with Crippen LogP contribution in [0.15, 0.2) is 94.6 Å². The molecule has 0 saturated heterocycles. The van der Waals surface area contributed by atoms with Gasteiger partial charge in [0.05, 0.1) is 12.9 Å². The van der Waals surface area contributed by atoms with Crippen molar-refractivity contribution >= 4 is 23.6 Å². The average Bonchev–Trinajstić information content (AvgIpc) is 3.28. The highest BCUT2D eigenvalue weighted by Crippen LogP contribution is 2.35. The first-order chi connectivity index (χ1) is 15.6. The lowest BCUT2D eigenvalue weighted by molar-refractivity contribution is -0.117. The number of carbonyl (C=O) groups is 2. The number of amides is 2. The van der Waals surface area contributed by atoms with Crippen molar-refractivity contribution < 1.29 is 18.7 Å². The Labute approximate surface area is 189 Å². The van der Waals surface area contributed by atoms with Gasteiger partial charge in [0.25, 0.3) is 11.1 Å². The Hall–Kier alpha value is -3.84. The summed E-state index contributed by atoms with van der Waals surface area (Å²) in [6.07, 6.45) is 0. The molecule has 2 amide bonds. The predicted molar refractivity (Wildman–Crippen MR) is 124 cm³/mol. The molecule has 4 rings (SSSR count). The minimum atomic E-state index is -0.472. The van der Waals surface area contributed by atoms with Crippen LogP contribution in [-0.4, -0.2) is 29.7 Å². The maximum absolute atomic E-state index is 12.3. The maximum atomic E-state index is 12.3. The molecule has 0 aliphatic rings. The molecule has 0 aliphatic heterocycles. The third-order valence-corrected chi connectivity index (χ3v) is 5.45. The Balaban J connectivity index is 1.46. The number of aromatic nitrogens is 1. The van der Waals surface area contributed by atoms with Crippen molar-refractivity contribution in [3.05, 3.63) is 90.5 Å². The van der Waals surface area contributed by atoms with Crippen LogP contribution < -0.4 is 10.1 Å². The quantitative estimate of drug-likeness (QED) is 0.401. The fourth-order valence-corrected chi connectivity index (χ4v) is 3.67. The van der Waals surface area contributed by atoms with Crippen molar-refractivity contribution in [1.29, 1.82) is 0 Å². The van der Waals surface area contributed by atoms with Crippen LogP contribution in [0.4, 0.5) is 0 Å². The lowest BCUT2D eigenvalue weighted by Gasteiger charge is -2.04. The van der Waals surface area contributed by atoms with Crippen molar-refractivity contribution in [2.75, 3.05) is 12.9 Å². The van der Waals surface area contributed by atoms with Crippen LogP contribution in [0.3, 0.4) is 0 Å². The third-order valence-electron chi connectivity index (χ3n) is 4.62. The third kappa shape index (κ3) is 5.07. The smallest absolute Gasteiger partial charge is 0.257 e. The number of ether oxygens (including phenoxy) is 1. The van der Waals surface area contributed by atoms with E-state index in [-0.39, 0.29) is 5.75 Å². The highest BCUT2D eigenvalue weighted by atomic mass is 32.2. The summed E-state index contributed by atoms with van der Waals surface area (Å²) < 4.78 is 11.1. The highest BCUT2D eigenvalue weighted by molar-refractivity contribution is 7.99. The number of carbonyl (C=O) groups excluding carboxylic acids is 2. The summed E-state index contributed by atoms with van der Waals surface area (Å²) in [5.74, 6) is 0.354. The molecular weight excluding hydrogens is 424 g/mol. The zero-order chi connectivity index (χ0) is 22.3. The summed E-state index contributed by atoms with van der Waals surface area (Å²) in [5.41, 5.74) is 2.89. The van der Waals surface area contributed by atoms with Gasteiger partial charge in [-0.05, 0) is 24.3 Å². The zero-order valence-corrected chi connectivity index (χ0v) is 18.1. The van der Waals surface area contributed by atoms with Gasteiger partial charge in [-0.3, -0.25) is 14.9 Å². The number of hydrogen-bond donors (Lipinski definition) is 1. The Morgan fingerprint density at radius 1 is 0.906 bits per heavy atom. The Bertz CT molecular complexity index is 1150. The van der Waals surface area contributed by atoms with Crippen molar-refractivity contribution in [2.24, 2.45) is 0 Å². The van der Waals surface area contributed by atoms with Gasteiger partial charge in [0, 0.05) is 16.7 Å². The SMILES string of the molecule is COc1ccc(C(=O)NC(=O)CSc2nc(-c3ccccc3)c(-c3ccccc3)o2)cc1. The summed E-state index contributed by atoms with van der Waals surface area (Å²) in [4.78, 5) is 29.2. The number of nitrogens with zero attached hydrogens (tertiary/aromatic N) is 1. The largest absolute Gasteiger partial charge is 0.497 e. The van der Waals surface area contributed by atoms with E-state index in [9.17, 15) is 9.59 Å². The molecule has 3 aromatic carbocycles. The van der Waals surface area contributed by atoms with E-state index in [1.807, 2.05) is 60.7 Å². The molecule has 0 atom stereocenters. The molecule has 0 fully saturated rings. The number of benzene rings is 3. The molecule has 1 heterocycles. The van der Waals surface area contributed by atoms with Gasteiger partial charge < -0.3 is 9.15 Å². The highest BCUT2D eigenvalue weighted by Gasteiger charge is 2.18. The van der Waals surface area contributed by atoms with Gasteiger partial charge in [0.15, 0.2) is 5.76 Å². The van der Waals surface area contributed by atoms with E-state index in [1.54, 1.807) is 31.4 Å². The maximum Gasteiger partial charge on any atom is 0.257 e. The number of methoxy groups -OCH3 is 1. The normalized spacial score (nSPS) is 10.5. The molecule has 1 N–H and O–H groups in total. The zero-order valence-electron chi connectivity index (χ0n) is 17.3. The fourth-order valence-electron chi connectivity index (χ4n) is 3.04. The Kier molecular flexibility index (Phi) is 6.67. The first-order valence-corrected chi connectivity index (χ1v) is 10.9. The summed E-state index contributed by atoms with van der Waals surface area (Å²) in [6.45, 7) is 0. The van der Waals surface area contributed by atoms with Gasteiger partial charge in [-0.2, -0.15) is 0 Å². The van der Waals surface area contributed by atoms with E-state index in [0.717, 1.165) is 22.9 Å². The molecular formula is C25H20N2O4S. The van der Waals surface area contributed by atoms with E-state index >= 15 is 0 Å². The number of rotatable bonds is 7. The topological polar surface area (TPSA) is 81.4 Å². The van der Waals surface area contributed by atoms with Crippen LogP contribution in [-0.2, 0) is 4.79 Å². The predicted octanol–water partition coefficient (Wildman–Crippen LogP) is 5.07. The summed E-state index contributed by atoms with van der Waals surface area (Å²) >= 11 is 1.13. The van der Waals surface area contributed by atoms with E-state index in [1.165, 1.54) is 0 Å². The summed E-state index contributed by atoms with van der Waals surface area (Å²) in [5, 5.41) is 2.74. The Morgan fingerprint density at radius 3 is 2.16 bits per heavy atom. The van der Waals surface area contributed by atoms with Gasteiger partial charge in [-0.25, -0.2) is 4.98 Å². The molecule has 0 saturated carbocycles. The van der Waals surface area contributed by atoms with Crippen molar-refractivity contribution in [2.45, 2.75) is 5.22 Å².